The Kier molecular flexibility index (Phi) is 6.62. The van der Waals surface area contributed by atoms with Gasteiger partial charge in [0.05, 0.1) is 13.3 Å². The molecular formula is C16H14Br2N2O4. The first-order valence-electron chi connectivity index (χ1n) is 6.76. The van der Waals surface area contributed by atoms with Crippen LogP contribution >= 0.6 is 31.9 Å². The first-order chi connectivity index (χ1) is 11.5. The average Bonchev–Trinajstić information content (AvgIpc) is 2.56. The SMILES string of the molecule is COc1cc(Br)ccc1OCC(=O)NN=Cc1cc(Br)ccc1O. The molecule has 0 heterocycles. The molecule has 2 rings (SSSR count). The van der Waals surface area contributed by atoms with Crippen LogP contribution in [0.25, 0.3) is 0 Å². The number of phenols is 1. The molecule has 0 aliphatic heterocycles. The molecule has 0 aliphatic carbocycles. The highest BCUT2D eigenvalue weighted by atomic mass is 79.9. The van der Waals surface area contributed by atoms with Crippen molar-refractivity contribution in [2.45, 2.75) is 0 Å². The van der Waals surface area contributed by atoms with Crippen LogP contribution in [0.1, 0.15) is 5.56 Å². The van der Waals surface area contributed by atoms with Crippen LogP contribution in [-0.4, -0.2) is 30.9 Å². The molecule has 0 spiro atoms. The standard InChI is InChI=1S/C16H14Br2N2O4/c1-23-15-7-12(18)3-5-14(15)24-9-16(22)20-19-8-10-6-11(17)2-4-13(10)21/h2-8,21H,9H2,1H3,(H,20,22). The molecule has 24 heavy (non-hydrogen) atoms. The second-order valence-electron chi connectivity index (χ2n) is 4.58. The molecule has 0 atom stereocenters. The fraction of sp³-hybridized carbons (Fsp3) is 0.125. The molecule has 0 radical (unpaired) electrons. The number of hydrazone groups is 1. The van der Waals surface area contributed by atoms with E-state index in [-0.39, 0.29) is 12.4 Å². The molecule has 6 nitrogen and oxygen atoms in total. The Morgan fingerprint density at radius 3 is 2.67 bits per heavy atom. The molecule has 0 aromatic heterocycles. The van der Waals surface area contributed by atoms with E-state index in [9.17, 15) is 9.90 Å². The second kappa shape index (κ2) is 8.70. The number of hydrogen-bond acceptors (Lipinski definition) is 5. The molecule has 8 heteroatoms. The number of nitrogens with one attached hydrogen (secondary N) is 1. The van der Waals surface area contributed by atoms with Crippen LogP contribution in [0.2, 0.25) is 0 Å². The third-order valence-corrected chi connectivity index (χ3v) is 3.85. The van der Waals surface area contributed by atoms with Gasteiger partial charge in [0.15, 0.2) is 18.1 Å². The molecule has 0 saturated heterocycles. The van der Waals surface area contributed by atoms with Crippen molar-refractivity contribution in [3.05, 3.63) is 50.9 Å². The van der Waals surface area contributed by atoms with Crippen LogP contribution in [0.5, 0.6) is 17.2 Å². The first-order valence-corrected chi connectivity index (χ1v) is 8.35. The van der Waals surface area contributed by atoms with Crippen LogP contribution in [0.3, 0.4) is 0 Å². The smallest absolute Gasteiger partial charge is 0.277 e. The molecule has 1 amide bonds. The number of aromatic hydroxyl groups is 1. The van der Waals surface area contributed by atoms with Crippen molar-refractivity contribution in [2.75, 3.05) is 13.7 Å². The maximum Gasteiger partial charge on any atom is 0.277 e. The summed E-state index contributed by atoms with van der Waals surface area (Å²) in [5.41, 5.74) is 2.80. The van der Waals surface area contributed by atoms with E-state index in [0.29, 0.717) is 17.1 Å². The van der Waals surface area contributed by atoms with Gasteiger partial charge in [-0.1, -0.05) is 31.9 Å². The Balaban J connectivity index is 1.90. The zero-order valence-corrected chi connectivity index (χ0v) is 15.8. The predicted octanol–water partition coefficient (Wildman–Crippen LogP) is 3.45. The largest absolute Gasteiger partial charge is 0.507 e. The maximum absolute atomic E-state index is 11.8. The summed E-state index contributed by atoms with van der Waals surface area (Å²) >= 11 is 6.62. The number of carbonyl (C=O) groups excluding carboxylic acids is 1. The Bertz CT molecular complexity index is 766. The van der Waals surface area contributed by atoms with Gasteiger partial charge in [-0.2, -0.15) is 5.10 Å². The van der Waals surface area contributed by atoms with Gasteiger partial charge in [0.25, 0.3) is 5.91 Å². The van der Waals surface area contributed by atoms with Gasteiger partial charge < -0.3 is 14.6 Å². The van der Waals surface area contributed by atoms with E-state index < -0.39 is 5.91 Å². The Morgan fingerprint density at radius 2 is 1.92 bits per heavy atom. The Hall–Kier alpha value is -2.06. The van der Waals surface area contributed by atoms with Crippen LogP contribution in [0.15, 0.2) is 50.4 Å². The van der Waals surface area contributed by atoms with Crippen molar-refractivity contribution < 1.29 is 19.4 Å². The van der Waals surface area contributed by atoms with E-state index in [0.717, 1.165) is 8.95 Å². The molecule has 126 valence electrons. The summed E-state index contributed by atoms with van der Waals surface area (Å²) in [6.45, 7) is -0.222. The molecule has 0 aliphatic rings. The molecular weight excluding hydrogens is 444 g/mol. The second-order valence-corrected chi connectivity index (χ2v) is 6.41. The zero-order valence-electron chi connectivity index (χ0n) is 12.6. The van der Waals surface area contributed by atoms with E-state index in [1.165, 1.54) is 19.4 Å². The summed E-state index contributed by atoms with van der Waals surface area (Å²) in [6.07, 6.45) is 1.35. The number of carbonyl (C=O) groups is 1. The average molecular weight is 458 g/mol. The minimum absolute atomic E-state index is 0.0621. The fourth-order valence-electron chi connectivity index (χ4n) is 1.74. The molecule has 0 fully saturated rings. The van der Waals surface area contributed by atoms with Gasteiger partial charge >= 0.3 is 0 Å². The topological polar surface area (TPSA) is 80.2 Å². The number of methoxy groups -OCH3 is 1. The minimum Gasteiger partial charge on any atom is -0.507 e. The highest BCUT2D eigenvalue weighted by molar-refractivity contribution is 9.10. The lowest BCUT2D eigenvalue weighted by molar-refractivity contribution is -0.123. The van der Waals surface area contributed by atoms with Gasteiger partial charge in [0, 0.05) is 14.5 Å². The molecule has 0 unspecified atom stereocenters. The lowest BCUT2D eigenvalue weighted by Crippen LogP contribution is -2.24. The summed E-state index contributed by atoms with van der Waals surface area (Å²) in [6, 6.07) is 10.1. The quantitative estimate of drug-likeness (QED) is 0.514. The lowest BCUT2D eigenvalue weighted by Gasteiger charge is -2.10. The van der Waals surface area contributed by atoms with Crippen LogP contribution < -0.4 is 14.9 Å². The van der Waals surface area contributed by atoms with E-state index in [2.05, 4.69) is 42.4 Å². The highest BCUT2D eigenvalue weighted by Gasteiger charge is 2.07. The van der Waals surface area contributed by atoms with E-state index in [1.54, 1.807) is 30.3 Å². The third kappa shape index (κ3) is 5.24. The summed E-state index contributed by atoms with van der Waals surface area (Å²) in [5, 5.41) is 13.5. The van der Waals surface area contributed by atoms with E-state index in [1.807, 2.05) is 0 Å². The number of nitrogens with zero attached hydrogens (tertiary/aromatic N) is 1. The van der Waals surface area contributed by atoms with Gasteiger partial charge in [-0.25, -0.2) is 5.43 Å². The number of halogens is 2. The molecule has 0 saturated carbocycles. The van der Waals surface area contributed by atoms with Crippen LogP contribution in [-0.2, 0) is 4.79 Å². The number of rotatable bonds is 6. The zero-order chi connectivity index (χ0) is 17.5. The van der Waals surface area contributed by atoms with Gasteiger partial charge in [0.2, 0.25) is 0 Å². The summed E-state index contributed by atoms with van der Waals surface area (Å²) in [4.78, 5) is 11.8. The number of amides is 1. The molecule has 0 bridgehead atoms. The number of benzene rings is 2. The molecule has 2 aromatic rings. The lowest BCUT2D eigenvalue weighted by atomic mass is 10.2. The number of ether oxygens (including phenoxy) is 2. The van der Waals surface area contributed by atoms with E-state index in [4.69, 9.17) is 9.47 Å². The maximum atomic E-state index is 11.8. The van der Waals surface area contributed by atoms with E-state index >= 15 is 0 Å². The third-order valence-electron chi connectivity index (χ3n) is 2.87. The van der Waals surface area contributed by atoms with Gasteiger partial charge in [-0.05, 0) is 36.4 Å². The monoisotopic (exact) mass is 456 g/mol. The number of hydrogen-bond donors (Lipinski definition) is 2. The highest BCUT2D eigenvalue weighted by Crippen LogP contribution is 2.30. The Morgan fingerprint density at radius 1 is 1.21 bits per heavy atom. The van der Waals surface area contributed by atoms with Crippen LogP contribution in [0.4, 0.5) is 0 Å². The van der Waals surface area contributed by atoms with Crippen molar-refractivity contribution in [3.63, 3.8) is 0 Å². The van der Waals surface area contributed by atoms with Crippen molar-refractivity contribution >= 4 is 44.0 Å². The van der Waals surface area contributed by atoms with Crippen molar-refractivity contribution in [1.29, 1.82) is 0 Å². The molecule has 2 N–H and O–H groups in total. The summed E-state index contributed by atoms with van der Waals surface area (Å²) in [5.74, 6) is 0.585. The van der Waals surface area contributed by atoms with Gasteiger partial charge in [0.1, 0.15) is 5.75 Å². The number of phenolic OH excluding ortho intramolecular Hbond substituents is 1. The minimum atomic E-state index is -0.439. The van der Waals surface area contributed by atoms with Gasteiger partial charge in [-0.3, -0.25) is 4.79 Å². The fourth-order valence-corrected chi connectivity index (χ4v) is 2.46. The Labute approximate surface area is 155 Å². The van der Waals surface area contributed by atoms with Crippen molar-refractivity contribution in [1.82, 2.24) is 5.43 Å². The van der Waals surface area contributed by atoms with Crippen molar-refractivity contribution in [2.24, 2.45) is 5.10 Å². The van der Waals surface area contributed by atoms with Crippen molar-refractivity contribution in [3.8, 4) is 17.2 Å². The van der Waals surface area contributed by atoms with Gasteiger partial charge in [-0.15, -0.1) is 0 Å². The first kappa shape index (κ1) is 18.3. The normalized spacial score (nSPS) is 10.6. The molecule has 2 aromatic carbocycles. The van der Waals surface area contributed by atoms with Crippen LogP contribution in [0, 0.1) is 0 Å². The summed E-state index contributed by atoms with van der Waals surface area (Å²) < 4.78 is 12.2. The summed E-state index contributed by atoms with van der Waals surface area (Å²) in [7, 11) is 1.52. The predicted molar refractivity (Wildman–Crippen MR) is 97.7 cm³/mol.